The van der Waals surface area contributed by atoms with Crippen LogP contribution in [0, 0.1) is 11.3 Å². The lowest BCUT2D eigenvalue weighted by Crippen LogP contribution is -2.21. The number of nitrogens with one attached hydrogen (secondary N) is 1. The van der Waals surface area contributed by atoms with Gasteiger partial charge in [0.25, 0.3) is 11.8 Å². The summed E-state index contributed by atoms with van der Waals surface area (Å²) in [7, 11) is 3.35. The fourth-order valence-electron chi connectivity index (χ4n) is 2.63. The molecule has 0 spiro atoms. The van der Waals surface area contributed by atoms with E-state index in [-0.39, 0.29) is 11.5 Å². The van der Waals surface area contributed by atoms with Gasteiger partial charge in [-0.2, -0.15) is 5.26 Å². The second-order valence-corrected chi connectivity index (χ2v) is 7.58. The Morgan fingerprint density at radius 2 is 1.69 bits per heavy atom. The van der Waals surface area contributed by atoms with Crippen molar-refractivity contribution in [2.75, 3.05) is 19.4 Å². The third-order valence-electron chi connectivity index (χ3n) is 4.13. The van der Waals surface area contributed by atoms with Gasteiger partial charge in [-0.25, -0.2) is 0 Å². The number of carbonyl (C=O) groups excluding carboxylic acids is 2. The highest BCUT2D eigenvalue weighted by Crippen LogP contribution is 2.29. The molecule has 3 rings (SSSR count). The molecule has 2 amide bonds. The van der Waals surface area contributed by atoms with E-state index in [0.717, 1.165) is 15.3 Å². The highest BCUT2D eigenvalue weighted by atomic mass is 32.1. The van der Waals surface area contributed by atoms with E-state index < -0.39 is 5.91 Å². The summed E-state index contributed by atoms with van der Waals surface area (Å²) in [4.78, 5) is 27.8. The van der Waals surface area contributed by atoms with Crippen LogP contribution in [0.2, 0.25) is 0 Å². The summed E-state index contributed by atoms with van der Waals surface area (Å²) >= 11 is 1.51. The molecule has 1 heterocycles. The second-order valence-electron chi connectivity index (χ2n) is 6.47. The molecule has 1 N–H and O–H groups in total. The zero-order valence-corrected chi connectivity index (χ0v) is 16.9. The number of thiophene rings is 1. The molecule has 0 unspecified atom stereocenters. The van der Waals surface area contributed by atoms with E-state index in [0.29, 0.717) is 11.3 Å². The minimum atomic E-state index is -0.492. The number of carbonyl (C=O) groups is 2. The molecule has 0 saturated heterocycles. The number of hydrogen-bond donors (Lipinski definition) is 1. The van der Waals surface area contributed by atoms with E-state index in [1.165, 1.54) is 16.2 Å². The van der Waals surface area contributed by atoms with E-state index in [9.17, 15) is 14.9 Å². The van der Waals surface area contributed by atoms with Crippen molar-refractivity contribution < 1.29 is 9.59 Å². The topological polar surface area (TPSA) is 73.2 Å². The fraction of sp³-hybridized carbons (Fsp3) is 0.0870. The highest BCUT2D eigenvalue weighted by Gasteiger charge is 2.12. The summed E-state index contributed by atoms with van der Waals surface area (Å²) in [6.45, 7) is 0. The first-order valence-corrected chi connectivity index (χ1v) is 9.69. The number of hydrogen-bond acceptors (Lipinski definition) is 4. The summed E-state index contributed by atoms with van der Waals surface area (Å²) in [5.41, 5.74) is 2.14. The third kappa shape index (κ3) is 4.98. The maximum absolute atomic E-state index is 12.5. The summed E-state index contributed by atoms with van der Waals surface area (Å²) in [5.74, 6) is -0.610. The molecule has 6 heteroatoms. The van der Waals surface area contributed by atoms with Crippen molar-refractivity contribution in [2.45, 2.75) is 0 Å². The van der Waals surface area contributed by atoms with Gasteiger partial charge in [0.15, 0.2) is 0 Å². The molecule has 0 bridgehead atoms. The molecule has 144 valence electrons. The van der Waals surface area contributed by atoms with Crippen LogP contribution in [0.25, 0.3) is 16.5 Å². The predicted octanol–water partition coefficient (Wildman–Crippen LogP) is 4.66. The van der Waals surface area contributed by atoms with Gasteiger partial charge in [-0.1, -0.05) is 30.3 Å². The first-order valence-electron chi connectivity index (χ1n) is 8.88. The zero-order valence-electron chi connectivity index (χ0n) is 16.0. The average molecular weight is 401 g/mol. The molecule has 0 saturated carbocycles. The highest BCUT2D eigenvalue weighted by molar-refractivity contribution is 7.16. The minimum Gasteiger partial charge on any atom is -0.345 e. The van der Waals surface area contributed by atoms with Gasteiger partial charge in [0.2, 0.25) is 0 Å². The SMILES string of the molecule is CN(C)C(=O)c1ccc(NC(=O)/C(C#N)=C/c2ccc(-c3ccccc3)s2)cc1. The van der Waals surface area contributed by atoms with Crippen LogP contribution >= 0.6 is 11.3 Å². The van der Waals surface area contributed by atoms with Crippen molar-refractivity contribution in [2.24, 2.45) is 0 Å². The third-order valence-corrected chi connectivity index (χ3v) is 5.21. The molecular weight excluding hydrogens is 382 g/mol. The molecular formula is C23H19N3O2S. The van der Waals surface area contributed by atoms with Gasteiger partial charge >= 0.3 is 0 Å². The van der Waals surface area contributed by atoms with Gasteiger partial charge in [-0.15, -0.1) is 11.3 Å². The van der Waals surface area contributed by atoms with Crippen molar-refractivity contribution in [3.05, 3.63) is 82.7 Å². The molecule has 0 aliphatic carbocycles. The van der Waals surface area contributed by atoms with Crippen molar-refractivity contribution in [1.82, 2.24) is 4.90 Å². The monoisotopic (exact) mass is 401 g/mol. The lowest BCUT2D eigenvalue weighted by molar-refractivity contribution is -0.112. The summed E-state index contributed by atoms with van der Waals surface area (Å²) < 4.78 is 0. The van der Waals surface area contributed by atoms with E-state index in [1.807, 2.05) is 48.5 Å². The van der Waals surface area contributed by atoms with Crippen LogP contribution < -0.4 is 5.32 Å². The summed E-state index contributed by atoms with van der Waals surface area (Å²) in [5, 5.41) is 12.1. The summed E-state index contributed by atoms with van der Waals surface area (Å²) in [6.07, 6.45) is 1.58. The lowest BCUT2D eigenvalue weighted by atomic mass is 10.1. The number of amides is 2. The van der Waals surface area contributed by atoms with Crippen LogP contribution in [-0.2, 0) is 4.79 Å². The van der Waals surface area contributed by atoms with E-state index >= 15 is 0 Å². The smallest absolute Gasteiger partial charge is 0.266 e. The Morgan fingerprint density at radius 3 is 2.31 bits per heavy atom. The molecule has 1 aromatic heterocycles. The zero-order chi connectivity index (χ0) is 20.8. The lowest BCUT2D eigenvalue weighted by Gasteiger charge is -2.10. The standard InChI is InChI=1S/C23H19N3O2S/c1-26(2)23(28)17-8-10-19(11-9-17)25-22(27)18(15-24)14-20-12-13-21(29-20)16-6-4-3-5-7-16/h3-14H,1-2H3,(H,25,27)/b18-14+. The van der Waals surface area contributed by atoms with Gasteiger partial charge in [0.05, 0.1) is 0 Å². The normalized spacial score (nSPS) is 10.9. The van der Waals surface area contributed by atoms with Gasteiger partial charge < -0.3 is 10.2 Å². The Hall–Kier alpha value is -3.69. The number of nitrogens with zero attached hydrogens (tertiary/aromatic N) is 2. The molecule has 0 aliphatic rings. The van der Waals surface area contributed by atoms with Crippen molar-refractivity contribution >= 4 is 34.9 Å². The van der Waals surface area contributed by atoms with E-state index in [1.54, 1.807) is 44.4 Å². The molecule has 0 radical (unpaired) electrons. The number of benzene rings is 2. The predicted molar refractivity (Wildman–Crippen MR) is 116 cm³/mol. The number of rotatable bonds is 5. The Balaban J connectivity index is 1.73. The van der Waals surface area contributed by atoms with Crippen molar-refractivity contribution in [3.8, 4) is 16.5 Å². The second kappa shape index (κ2) is 9.00. The largest absolute Gasteiger partial charge is 0.345 e. The maximum Gasteiger partial charge on any atom is 0.266 e. The Bertz CT molecular complexity index is 1090. The first kappa shape index (κ1) is 20.1. The molecule has 0 fully saturated rings. The van der Waals surface area contributed by atoms with E-state index in [4.69, 9.17) is 0 Å². The Morgan fingerprint density at radius 1 is 1.00 bits per heavy atom. The Kier molecular flexibility index (Phi) is 6.22. The quantitative estimate of drug-likeness (QED) is 0.499. The van der Waals surface area contributed by atoms with Crippen LogP contribution in [0.4, 0.5) is 5.69 Å². The van der Waals surface area contributed by atoms with Gasteiger partial charge in [0, 0.05) is 35.1 Å². The van der Waals surface area contributed by atoms with Crippen LogP contribution in [0.3, 0.4) is 0 Å². The average Bonchev–Trinajstić information content (AvgIpc) is 3.21. The fourth-order valence-corrected chi connectivity index (χ4v) is 3.59. The van der Waals surface area contributed by atoms with Gasteiger partial charge in [-0.3, -0.25) is 9.59 Å². The van der Waals surface area contributed by atoms with Crippen LogP contribution in [0.15, 0.2) is 72.3 Å². The molecule has 0 aliphatic heterocycles. The first-order chi connectivity index (χ1) is 14.0. The molecule has 29 heavy (non-hydrogen) atoms. The Labute approximate surface area is 173 Å². The molecule has 5 nitrogen and oxygen atoms in total. The summed E-state index contributed by atoms with van der Waals surface area (Å²) in [6, 6.07) is 22.3. The number of nitriles is 1. The van der Waals surface area contributed by atoms with Gasteiger partial charge in [-0.05, 0) is 48.0 Å². The maximum atomic E-state index is 12.5. The molecule has 3 aromatic rings. The van der Waals surface area contributed by atoms with Crippen molar-refractivity contribution in [1.29, 1.82) is 5.26 Å². The minimum absolute atomic E-state index is 0.0138. The van der Waals surface area contributed by atoms with Gasteiger partial charge in [0.1, 0.15) is 11.6 Å². The molecule has 2 aromatic carbocycles. The molecule has 0 atom stereocenters. The van der Waals surface area contributed by atoms with Crippen molar-refractivity contribution in [3.63, 3.8) is 0 Å². The number of anilines is 1. The van der Waals surface area contributed by atoms with Crippen LogP contribution in [0.5, 0.6) is 0 Å². The van der Waals surface area contributed by atoms with Crippen LogP contribution in [-0.4, -0.2) is 30.8 Å². The van der Waals surface area contributed by atoms with Crippen LogP contribution in [0.1, 0.15) is 15.2 Å². The van der Waals surface area contributed by atoms with E-state index in [2.05, 4.69) is 5.32 Å².